The maximum absolute atomic E-state index is 13.8. The second kappa shape index (κ2) is 7.64. The first-order valence-corrected chi connectivity index (χ1v) is 9.62. The summed E-state index contributed by atoms with van der Waals surface area (Å²) in [5.74, 6) is 0.447. The Morgan fingerprint density at radius 1 is 1.30 bits per heavy atom. The lowest BCUT2D eigenvalue weighted by Gasteiger charge is -2.32. The molecule has 1 unspecified atom stereocenters. The Morgan fingerprint density at radius 2 is 2.15 bits per heavy atom. The molecule has 1 N–H and O–H groups in total. The Bertz CT molecular complexity index is 993. The van der Waals surface area contributed by atoms with Crippen molar-refractivity contribution < 1.29 is 4.39 Å². The SMILES string of the molecule is Cc1cc2nc(CN3CCCC(CCc4ccccc4F)C3)cc(=O)n2[nH]1. The largest absolute Gasteiger partial charge is 0.297 e. The number of aromatic amines is 1. The normalized spacial score (nSPS) is 18.2. The lowest BCUT2D eigenvalue weighted by Crippen LogP contribution is -2.35. The number of nitrogens with one attached hydrogen (secondary N) is 1. The number of fused-ring (bicyclic) bond motifs is 1. The van der Waals surface area contributed by atoms with Crippen LogP contribution < -0.4 is 5.56 Å². The molecule has 3 aromatic rings. The zero-order chi connectivity index (χ0) is 18.8. The highest BCUT2D eigenvalue weighted by molar-refractivity contribution is 5.39. The molecule has 0 saturated carbocycles. The van der Waals surface area contributed by atoms with Gasteiger partial charge in [0, 0.05) is 30.9 Å². The van der Waals surface area contributed by atoms with E-state index in [1.807, 2.05) is 25.1 Å². The van der Waals surface area contributed by atoms with E-state index in [0.29, 0.717) is 18.1 Å². The van der Waals surface area contributed by atoms with Crippen molar-refractivity contribution in [3.63, 3.8) is 0 Å². The Balaban J connectivity index is 1.40. The number of H-pyrrole nitrogens is 1. The van der Waals surface area contributed by atoms with E-state index in [0.717, 1.165) is 49.3 Å². The van der Waals surface area contributed by atoms with E-state index in [1.165, 1.54) is 17.0 Å². The third-order valence-corrected chi connectivity index (χ3v) is 5.40. The molecular weight excluding hydrogens is 343 g/mol. The van der Waals surface area contributed by atoms with E-state index in [1.54, 1.807) is 12.1 Å². The first-order chi connectivity index (χ1) is 13.1. The van der Waals surface area contributed by atoms with Gasteiger partial charge in [0.05, 0.1) is 5.69 Å². The number of nitrogens with zero attached hydrogens (tertiary/aromatic N) is 3. The molecule has 1 fully saturated rings. The highest BCUT2D eigenvalue weighted by Gasteiger charge is 2.21. The van der Waals surface area contributed by atoms with E-state index in [9.17, 15) is 9.18 Å². The highest BCUT2D eigenvalue weighted by Crippen LogP contribution is 2.23. The average molecular weight is 368 g/mol. The van der Waals surface area contributed by atoms with Gasteiger partial charge < -0.3 is 0 Å². The van der Waals surface area contributed by atoms with Crippen molar-refractivity contribution >= 4 is 5.65 Å². The Hall–Kier alpha value is -2.47. The smallest absolute Gasteiger partial charge is 0.272 e. The fraction of sp³-hybridized carbons (Fsp3) is 0.429. The summed E-state index contributed by atoms with van der Waals surface area (Å²) in [6.45, 7) is 4.59. The van der Waals surface area contributed by atoms with Crippen LogP contribution in [0.2, 0.25) is 0 Å². The first kappa shape index (κ1) is 17.9. The second-order valence-corrected chi connectivity index (χ2v) is 7.59. The summed E-state index contributed by atoms with van der Waals surface area (Å²) in [6, 6.07) is 10.5. The van der Waals surface area contributed by atoms with E-state index >= 15 is 0 Å². The summed E-state index contributed by atoms with van der Waals surface area (Å²) in [6.07, 6.45) is 4.08. The number of rotatable bonds is 5. The van der Waals surface area contributed by atoms with Gasteiger partial charge in [-0.15, -0.1) is 0 Å². The molecule has 1 aliphatic rings. The van der Waals surface area contributed by atoms with Gasteiger partial charge in [0.2, 0.25) is 0 Å². The molecule has 3 heterocycles. The van der Waals surface area contributed by atoms with Crippen LogP contribution in [-0.4, -0.2) is 32.6 Å². The van der Waals surface area contributed by atoms with Crippen LogP contribution in [0, 0.1) is 18.7 Å². The maximum atomic E-state index is 13.8. The first-order valence-electron chi connectivity index (χ1n) is 9.62. The van der Waals surface area contributed by atoms with Crippen LogP contribution >= 0.6 is 0 Å². The van der Waals surface area contributed by atoms with Crippen molar-refractivity contribution in [2.24, 2.45) is 5.92 Å². The quantitative estimate of drug-likeness (QED) is 0.752. The van der Waals surface area contributed by atoms with Gasteiger partial charge in [0.25, 0.3) is 5.56 Å². The molecule has 0 spiro atoms. The molecule has 1 atom stereocenters. The molecule has 0 bridgehead atoms. The van der Waals surface area contributed by atoms with Crippen LogP contribution in [0.3, 0.4) is 0 Å². The number of benzene rings is 1. The molecule has 142 valence electrons. The van der Waals surface area contributed by atoms with Crippen molar-refractivity contribution in [2.45, 2.75) is 39.2 Å². The Labute approximate surface area is 157 Å². The summed E-state index contributed by atoms with van der Waals surface area (Å²) in [5, 5.41) is 3.00. The van der Waals surface area contributed by atoms with Crippen LogP contribution in [0.15, 0.2) is 41.2 Å². The molecule has 4 rings (SSSR count). The second-order valence-electron chi connectivity index (χ2n) is 7.59. The minimum atomic E-state index is -0.107. The fourth-order valence-electron chi connectivity index (χ4n) is 4.06. The van der Waals surface area contributed by atoms with Crippen molar-refractivity contribution in [1.29, 1.82) is 0 Å². The molecule has 2 aromatic heterocycles. The lowest BCUT2D eigenvalue weighted by molar-refractivity contribution is 0.160. The summed E-state index contributed by atoms with van der Waals surface area (Å²) in [5.41, 5.74) is 3.13. The summed E-state index contributed by atoms with van der Waals surface area (Å²) in [7, 11) is 0. The van der Waals surface area contributed by atoms with Gasteiger partial charge in [-0.25, -0.2) is 13.9 Å². The lowest BCUT2D eigenvalue weighted by atomic mass is 9.91. The number of hydrogen-bond acceptors (Lipinski definition) is 3. The minimum absolute atomic E-state index is 0.0730. The monoisotopic (exact) mass is 368 g/mol. The summed E-state index contributed by atoms with van der Waals surface area (Å²) >= 11 is 0. The van der Waals surface area contributed by atoms with Crippen molar-refractivity contribution in [3.8, 4) is 0 Å². The highest BCUT2D eigenvalue weighted by atomic mass is 19.1. The van der Waals surface area contributed by atoms with Gasteiger partial charge in [-0.2, -0.15) is 0 Å². The zero-order valence-electron chi connectivity index (χ0n) is 15.6. The molecule has 1 aromatic carbocycles. The van der Waals surface area contributed by atoms with Crippen LogP contribution in [0.25, 0.3) is 5.65 Å². The van der Waals surface area contributed by atoms with E-state index in [-0.39, 0.29) is 11.4 Å². The van der Waals surface area contributed by atoms with Gasteiger partial charge in [-0.05, 0) is 56.7 Å². The van der Waals surface area contributed by atoms with E-state index in [2.05, 4.69) is 15.0 Å². The molecule has 0 aliphatic carbocycles. The predicted octanol–water partition coefficient (Wildman–Crippen LogP) is 3.31. The standard InChI is InChI=1S/C21H25FN4O/c1-15-11-20-23-18(12-21(27)26(20)24-15)14-25-10-4-5-16(13-25)8-9-17-6-2-3-7-19(17)22/h2-3,6-7,11-12,16,24H,4-5,8-10,13-14H2,1H3. The van der Waals surface area contributed by atoms with Gasteiger partial charge in [-0.1, -0.05) is 18.2 Å². The van der Waals surface area contributed by atoms with Crippen molar-refractivity contribution in [1.82, 2.24) is 19.5 Å². The van der Waals surface area contributed by atoms with E-state index < -0.39 is 0 Å². The molecule has 1 saturated heterocycles. The Morgan fingerprint density at radius 3 is 3.00 bits per heavy atom. The number of likely N-dealkylation sites (tertiary alicyclic amines) is 1. The molecule has 27 heavy (non-hydrogen) atoms. The summed E-state index contributed by atoms with van der Waals surface area (Å²) < 4.78 is 15.3. The number of aromatic nitrogens is 3. The van der Waals surface area contributed by atoms with Crippen molar-refractivity contribution in [2.75, 3.05) is 13.1 Å². The van der Waals surface area contributed by atoms with Crippen LogP contribution in [-0.2, 0) is 13.0 Å². The minimum Gasteiger partial charge on any atom is -0.297 e. The van der Waals surface area contributed by atoms with Gasteiger partial charge in [0.15, 0.2) is 5.65 Å². The molecule has 0 radical (unpaired) electrons. The van der Waals surface area contributed by atoms with Gasteiger partial charge in [-0.3, -0.25) is 14.8 Å². The van der Waals surface area contributed by atoms with Crippen LogP contribution in [0.1, 0.15) is 36.2 Å². The maximum Gasteiger partial charge on any atom is 0.272 e. The number of piperidine rings is 1. The zero-order valence-corrected chi connectivity index (χ0v) is 15.6. The Kier molecular flexibility index (Phi) is 5.07. The molecule has 6 heteroatoms. The molecule has 5 nitrogen and oxygen atoms in total. The molecule has 1 aliphatic heterocycles. The third kappa shape index (κ3) is 4.11. The topological polar surface area (TPSA) is 53.4 Å². The van der Waals surface area contributed by atoms with Gasteiger partial charge >= 0.3 is 0 Å². The van der Waals surface area contributed by atoms with Gasteiger partial charge in [0.1, 0.15) is 5.82 Å². The predicted molar refractivity (Wildman–Crippen MR) is 103 cm³/mol. The van der Waals surface area contributed by atoms with Crippen LogP contribution in [0.5, 0.6) is 0 Å². The number of hydrogen-bond donors (Lipinski definition) is 1. The third-order valence-electron chi connectivity index (χ3n) is 5.40. The molecule has 0 amide bonds. The molecular formula is C21H25FN4O. The number of aryl methyl sites for hydroxylation is 2. The van der Waals surface area contributed by atoms with Crippen molar-refractivity contribution in [3.05, 3.63) is 69.5 Å². The van der Waals surface area contributed by atoms with Crippen LogP contribution in [0.4, 0.5) is 4.39 Å². The average Bonchev–Trinajstić information content (AvgIpc) is 3.02. The number of halogens is 1. The van der Waals surface area contributed by atoms with E-state index in [4.69, 9.17) is 0 Å². The fourth-order valence-corrected chi connectivity index (χ4v) is 4.06. The summed E-state index contributed by atoms with van der Waals surface area (Å²) in [4.78, 5) is 19.2.